The Kier molecular flexibility index (Phi) is 9.34. The topological polar surface area (TPSA) is 80.3 Å². The molecule has 0 rings (SSSR count). The molecule has 8 heteroatoms. The molecule has 0 spiro atoms. The summed E-state index contributed by atoms with van der Waals surface area (Å²) in [6, 6.07) is 0. The Hall–Kier alpha value is 1.16. The summed E-state index contributed by atoms with van der Waals surface area (Å²) < 4.78 is 18.9. The van der Waals surface area contributed by atoms with E-state index >= 15 is 0 Å². The van der Waals surface area contributed by atoms with Crippen molar-refractivity contribution < 1.29 is 40.0 Å². The molecule has 2 unspecified atom stereocenters. The second-order valence-electron chi connectivity index (χ2n) is 0.529. The van der Waals surface area contributed by atoms with Gasteiger partial charge in [-0.25, -0.2) is 0 Å². The maximum absolute atomic E-state index is 9.43. The van der Waals surface area contributed by atoms with Gasteiger partial charge in [0, 0.05) is 21.1 Å². The maximum Gasteiger partial charge on any atom is 0.438 e. The molecule has 4 nitrogen and oxygen atoms in total. The fraction of sp³-hybridized carbons (Fsp3) is 0. The molecule has 0 radical (unpaired) electrons. The van der Waals surface area contributed by atoms with Gasteiger partial charge in [0.05, 0.1) is 0 Å². The molecule has 0 saturated heterocycles. The van der Waals surface area contributed by atoms with Crippen LogP contribution in [0.5, 0.6) is 0 Å². The minimum absolute atomic E-state index is 0. The van der Waals surface area contributed by atoms with Crippen molar-refractivity contribution in [2.45, 2.75) is 0 Å². The third-order valence-electron chi connectivity index (χ3n) is 0.133. The second kappa shape index (κ2) is 6.28. The number of hydrogen-bond donors (Lipinski definition) is 0. The first-order valence-electron chi connectivity index (χ1n) is 1.10. The normalized spacial score (nSPS) is 11.8. The molecule has 2 atom stereocenters. The molecule has 0 heterocycles. The van der Waals surface area contributed by atoms with Crippen molar-refractivity contribution >= 4 is 25.5 Å². The predicted octanol–water partition coefficient (Wildman–Crippen LogP) is -0.248. The first kappa shape index (κ1) is 11.9. The zero-order chi connectivity index (χ0) is 5.86. The largest absolute Gasteiger partial charge is 0.581 e. The van der Waals surface area contributed by atoms with Gasteiger partial charge in [0.1, 0.15) is 0 Å². The Balaban J connectivity index is 0. The molecular formula is O4P2SW. The van der Waals surface area contributed by atoms with Gasteiger partial charge in [0.2, 0.25) is 0 Å². The standard InChI is InChI=1S/O4P2S.W/c1-5(2)7-6(3)4;. The molecule has 8 heavy (non-hydrogen) atoms. The summed E-state index contributed by atoms with van der Waals surface area (Å²) in [5.41, 5.74) is 0. The van der Waals surface area contributed by atoms with E-state index in [1.54, 1.807) is 0 Å². The fourth-order valence-corrected chi connectivity index (χ4v) is 1.47. The summed E-state index contributed by atoms with van der Waals surface area (Å²) >= 11 is -0.0833. The SMILES string of the molecule is O=[P+]([O-])S[P+](=O)[O-].[W]. The summed E-state index contributed by atoms with van der Waals surface area (Å²) in [4.78, 5) is 18.9. The molecule has 0 aromatic rings. The van der Waals surface area contributed by atoms with Crippen molar-refractivity contribution in [1.29, 1.82) is 0 Å². The molecule has 46 valence electrons. The van der Waals surface area contributed by atoms with Crippen molar-refractivity contribution in [2.24, 2.45) is 0 Å². The van der Waals surface area contributed by atoms with E-state index in [1.807, 2.05) is 0 Å². The van der Waals surface area contributed by atoms with Crippen molar-refractivity contribution in [2.75, 3.05) is 0 Å². The van der Waals surface area contributed by atoms with E-state index in [0.29, 0.717) is 0 Å². The Labute approximate surface area is 65.6 Å². The summed E-state index contributed by atoms with van der Waals surface area (Å²) in [6.07, 6.45) is 0. The second-order valence-corrected chi connectivity index (χ2v) is 5.34. The van der Waals surface area contributed by atoms with Gasteiger partial charge in [-0.3, -0.25) is 0 Å². The van der Waals surface area contributed by atoms with Crippen LogP contribution in [0.4, 0.5) is 0 Å². The quantitative estimate of drug-likeness (QED) is 0.647. The molecule has 0 aliphatic heterocycles. The van der Waals surface area contributed by atoms with E-state index in [-0.39, 0.29) is 32.1 Å². The fourth-order valence-electron chi connectivity index (χ4n) is 0.0544. The smallest absolute Gasteiger partial charge is 0.438 e. The molecule has 0 bridgehead atoms. The molecule has 0 saturated carbocycles. The van der Waals surface area contributed by atoms with Gasteiger partial charge in [0.15, 0.2) is 0 Å². The van der Waals surface area contributed by atoms with Crippen LogP contribution in [0.25, 0.3) is 0 Å². The van der Waals surface area contributed by atoms with Gasteiger partial charge in [-0.15, -0.1) is 0 Å². The van der Waals surface area contributed by atoms with Gasteiger partial charge in [-0.1, -0.05) is 9.13 Å². The summed E-state index contributed by atoms with van der Waals surface area (Å²) in [5, 5.41) is 0. The molecular weight excluding hydrogens is 342 g/mol. The van der Waals surface area contributed by atoms with Crippen LogP contribution in [0.2, 0.25) is 0 Å². The monoisotopic (exact) mass is 342 g/mol. The first-order chi connectivity index (χ1) is 3.13. The molecule has 0 amide bonds. The summed E-state index contributed by atoms with van der Waals surface area (Å²) in [6.45, 7) is 0. The van der Waals surface area contributed by atoms with Crippen LogP contribution in [-0.2, 0) is 30.2 Å². The van der Waals surface area contributed by atoms with Crippen LogP contribution in [0.1, 0.15) is 0 Å². The Bertz CT molecular complexity index is 90.2. The zero-order valence-corrected chi connectivity index (χ0v) is 8.88. The third-order valence-corrected chi connectivity index (χ3v) is 3.60. The minimum atomic E-state index is -2.82. The Morgan fingerprint density at radius 3 is 1.38 bits per heavy atom. The summed E-state index contributed by atoms with van der Waals surface area (Å²) in [5.74, 6) is 0. The van der Waals surface area contributed by atoms with Crippen LogP contribution in [0, 0.1) is 0 Å². The first-order valence-corrected chi connectivity index (χ1v) is 5.48. The average Bonchev–Trinajstić information content (AvgIpc) is 1.27. The minimum Gasteiger partial charge on any atom is -0.581 e. The van der Waals surface area contributed by atoms with E-state index in [2.05, 4.69) is 0 Å². The van der Waals surface area contributed by atoms with E-state index in [1.165, 1.54) is 0 Å². The van der Waals surface area contributed by atoms with Gasteiger partial charge in [0.25, 0.3) is 0 Å². The Morgan fingerprint density at radius 1 is 1.12 bits per heavy atom. The van der Waals surface area contributed by atoms with Gasteiger partial charge >= 0.3 is 25.5 Å². The molecule has 0 aliphatic carbocycles. The van der Waals surface area contributed by atoms with Crippen LogP contribution in [-0.4, -0.2) is 0 Å². The van der Waals surface area contributed by atoms with Crippen LogP contribution in [0.15, 0.2) is 0 Å². The third kappa shape index (κ3) is 10.2. The van der Waals surface area contributed by atoms with E-state index in [9.17, 15) is 18.9 Å². The zero-order valence-electron chi connectivity index (χ0n) is 3.34. The number of rotatable bonds is 2. The maximum atomic E-state index is 9.43. The number of hydrogen-bond acceptors (Lipinski definition) is 5. The van der Waals surface area contributed by atoms with E-state index in [4.69, 9.17) is 0 Å². The molecule has 0 aromatic carbocycles. The van der Waals surface area contributed by atoms with Crippen molar-refractivity contribution in [1.82, 2.24) is 0 Å². The molecule has 0 fully saturated rings. The van der Waals surface area contributed by atoms with Crippen molar-refractivity contribution in [3.63, 3.8) is 0 Å². The Morgan fingerprint density at radius 2 is 1.38 bits per heavy atom. The molecule has 0 N–H and O–H groups in total. The van der Waals surface area contributed by atoms with Gasteiger partial charge < -0.3 is 9.79 Å². The van der Waals surface area contributed by atoms with E-state index < -0.39 is 14.5 Å². The predicted molar refractivity (Wildman–Crippen MR) is 22.8 cm³/mol. The van der Waals surface area contributed by atoms with Crippen molar-refractivity contribution in [3.8, 4) is 0 Å². The van der Waals surface area contributed by atoms with Gasteiger partial charge in [-0.2, -0.15) is 0 Å². The summed E-state index contributed by atoms with van der Waals surface area (Å²) in [7, 11) is -5.64. The van der Waals surface area contributed by atoms with E-state index in [0.717, 1.165) is 0 Å². The van der Waals surface area contributed by atoms with Crippen LogP contribution >= 0.6 is 25.5 Å². The van der Waals surface area contributed by atoms with Crippen molar-refractivity contribution in [3.05, 3.63) is 0 Å². The average molecular weight is 342 g/mol. The van der Waals surface area contributed by atoms with Crippen LogP contribution in [0.3, 0.4) is 0 Å². The van der Waals surface area contributed by atoms with Crippen LogP contribution < -0.4 is 9.79 Å². The van der Waals surface area contributed by atoms with Gasteiger partial charge in [-0.05, 0) is 0 Å². The molecule has 0 aromatic heterocycles. The molecule has 0 aliphatic rings.